The number of halogens is 2. The molecule has 4 aliphatic rings. The average molecular weight is 503 g/mol. The van der Waals surface area contributed by atoms with Crippen molar-refractivity contribution < 1.29 is 17.0 Å². The number of nitrogens with one attached hydrogen (secondary N) is 2. The number of fused-ring (bicyclic) bond motifs is 1. The zero-order valence-corrected chi connectivity index (χ0v) is 22.3. The Balaban J connectivity index is 0.000000757. The predicted octanol–water partition coefficient (Wildman–Crippen LogP) is 4.24. The van der Waals surface area contributed by atoms with Gasteiger partial charge in [-0.3, -0.25) is 4.99 Å². The van der Waals surface area contributed by atoms with E-state index >= 15 is 0 Å². The molecule has 0 aromatic carbocycles. The third-order valence-electron chi connectivity index (χ3n) is 6.09. The molecule has 0 amide bonds. The minimum atomic E-state index is -1.85. The number of nitrogens with zero attached hydrogens (tertiary/aromatic N) is 3. The fourth-order valence-electron chi connectivity index (χ4n) is 4.83. The van der Waals surface area contributed by atoms with E-state index in [2.05, 4.69) is 82.0 Å². The number of hydrogen-bond acceptors (Lipinski definition) is 5. The summed E-state index contributed by atoms with van der Waals surface area (Å²) >= 11 is -0.556. The van der Waals surface area contributed by atoms with E-state index < -0.39 is 25.3 Å². The molecule has 4 aliphatic heterocycles. The first-order valence-corrected chi connectivity index (χ1v) is 17.6. The van der Waals surface area contributed by atoms with Crippen LogP contribution in [-0.2, 0) is 17.0 Å². The van der Waals surface area contributed by atoms with Crippen LogP contribution in [-0.4, -0.2) is 61.9 Å². The molecule has 9 heteroatoms. The molecule has 5 nitrogen and oxygen atoms in total. The topological polar surface area (TPSA) is 42.9 Å². The zero-order valence-electron chi connectivity index (χ0n) is 18.2. The third kappa shape index (κ3) is 5.98. The third-order valence-corrected chi connectivity index (χ3v) is 10.3. The van der Waals surface area contributed by atoms with Gasteiger partial charge < -0.3 is 27.5 Å². The van der Waals surface area contributed by atoms with E-state index in [9.17, 15) is 0 Å². The van der Waals surface area contributed by atoms with Crippen molar-refractivity contribution in [3.8, 4) is 0 Å². The van der Waals surface area contributed by atoms with Gasteiger partial charge in [0.15, 0.2) is 14.2 Å². The van der Waals surface area contributed by atoms with Crippen molar-refractivity contribution in [3.63, 3.8) is 0 Å². The van der Waals surface area contributed by atoms with Crippen LogP contribution < -0.4 is 10.6 Å². The van der Waals surface area contributed by atoms with Crippen molar-refractivity contribution in [1.82, 2.24) is 20.1 Å². The summed E-state index contributed by atoms with van der Waals surface area (Å²) in [6.45, 7) is 9.51. The Kier molecular flexibility index (Phi) is 10.6. The van der Waals surface area contributed by atoms with E-state index in [0.29, 0.717) is 17.6 Å². The van der Waals surface area contributed by atoms with Crippen LogP contribution >= 0.6 is 18.6 Å². The van der Waals surface area contributed by atoms with E-state index in [1.165, 1.54) is 31.9 Å². The monoisotopic (exact) mass is 502 g/mol. The van der Waals surface area contributed by atoms with Gasteiger partial charge in [-0.15, -0.1) is 0 Å². The average Bonchev–Trinajstić information content (AvgIpc) is 2.75. The van der Waals surface area contributed by atoms with Gasteiger partial charge in [0.1, 0.15) is 0 Å². The molecule has 4 heterocycles. The van der Waals surface area contributed by atoms with Gasteiger partial charge in [0.25, 0.3) is 0 Å². The molecule has 1 saturated heterocycles. The number of allylic oxidation sites excluding steroid dienone is 4. The SMILES string of the molecule is C[Si](C)(C(C1C=CC=CN1)C1C=CC=CN1)N1CCCN2CCCN=C21.[CH3-].[Cl][Ti][Cl]. The predicted molar refractivity (Wildman–Crippen MR) is 130 cm³/mol. The molecule has 0 aliphatic carbocycles. The van der Waals surface area contributed by atoms with E-state index in [1.54, 1.807) is 0 Å². The van der Waals surface area contributed by atoms with Crippen molar-refractivity contribution in [2.75, 3.05) is 26.2 Å². The normalized spacial score (nSPS) is 25.5. The minimum absolute atomic E-state index is 0. The number of aliphatic imine (C=N–C) groups is 1. The van der Waals surface area contributed by atoms with E-state index in [4.69, 9.17) is 23.6 Å². The summed E-state index contributed by atoms with van der Waals surface area (Å²) in [7, 11) is 7.93. The van der Waals surface area contributed by atoms with Crippen LogP contribution in [0.5, 0.6) is 0 Å². The second kappa shape index (κ2) is 12.4. The summed E-state index contributed by atoms with van der Waals surface area (Å²) in [5.74, 6) is 1.27. The molecule has 2 atom stereocenters. The van der Waals surface area contributed by atoms with Crippen LogP contribution in [0.3, 0.4) is 0 Å². The second-order valence-corrected chi connectivity index (χ2v) is 15.2. The van der Waals surface area contributed by atoms with Crippen LogP contribution in [0.1, 0.15) is 12.8 Å². The Morgan fingerprint density at radius 2 is 1.57 bits per heavy atom. The number of rotatable bonds is 4. The van der Waals surface area contributed by atoms with Gasteiger partial charge >= 0.3 is 35.6 Å². The van der Waals surface area contributed by atoms with Gasteiger partial charge in [0, 0.05) is 43.8 Å². The fraction of sp³-hybridized carbons (Fsp3) is 0.524. The van der Waals surface area contributed by atoms with Gasteiger partial charge in [0.05, 0.1) is 0 Å². The molecule has 166 valence electrons. The molecule has 0 spiro atoms. The van der Waals surface area contributed by atoms with E-state index in [0.717, 1.165) is 13.1 Å². The fourth-order valence-corrected chi connectivity index (χ4v) is 8.82. The zero-order chi connectivity index (χ0) is 20.7. The van der Waals surface area contributed by atoms with Crippen molar-refractivity contribution in [3.05, 3.63) is 56.3 Å². The quantitative estimate of drug-likeness (QED) is 0.445. The first kappa shape index (κ1) is 25.6. The first-order chi connectivity index (χ1) is 14.1. The molecule has 0 bridgehead atoms. The summed E-state index contributed by atoms with van der Waals surface area (Å²) in [5, 5.41) is 7.25. The van der Waals surface area contributed by atoms with Gasteiger partial charge in [-0.1, -0.05) is 37.4 Å². The van der Waals surface area contributed by atoms with Gasteiger partial charge in [0.2, 0.25) is 0 Å². The van der Waals surface area contributed by atoms with Crippen molar-refractivity contribution in [2.45, 2.75) is 43.6 Å². The van der Waals surface area contributed by atoms with Gasteiger partial charge in [-0.25, -0.2) is 0 Å². The maximum absolute atomic E-state index is 4.97. The Morgan fingerprint density at radius 1 is 1.00 bits per heavy atom. The number of hydrogen-bond donors (Lipinski definition) is 2. The van der Waals surface area contributed by atoms with Gasteiger partial charge in [-0.2, -0.15) is 0 Å². The summed E-state index contributed by atoms with van der Waals surface area (Å²) < 4.78 is 2.71. The van der Waals surface area contributed by atoms with Crippen LogP contribution in [0.15, 0.2) is 53.8 Å². The molecule has 0 aromatic heterocycles. The van der Waals surface area contributed by atoms with E-state index in [-0.39, 0.29) is 7.43 Å². The summed E-state index contributed by atoms with van der Waals surface area (Å²) in [6, 6.07) is 0.685. The van der Waals surface area contributed by atoms with Crippen LogP contribution in [0, 0.1) is 7.43 Å². The van der Waals surface area contributed by atoms with Gasteiger partial charge in [-0.05, 0) is 37.4 Å². The summed E-state index contributed by atoms with van der Waals surface area (Å²) in [4.78, 5) is 7.49. The van der Waals surface area contributed by atoms with Crippen molar-refractivity contribution >= 4 is 32.8 Å². The molecule has 0 radical (unpaired) electrons. The molecule has 4 rings (SSSR count). The maximum atomic E-state index is 4.97. The van der Waals surface area contributed by atoms with Crippen LogP contribution in [0.2, 0.25) is 18.6 Å². The summed E-state index contributed by atoms with van der Waals surface area (Å²) in [6.07, 6.45) is 19.8. The Hall–Kier alpha value is -0.659. The second-order valence-electron chi connectivity index (χ2n) is 8.15. The standard InChI is InChI=1S/C20H31N5Si.CH3.2ClH.Ti/c1-26(2,25-16-8-15-24-14-7-13-23-20(24)25)19(17-9-3-5-11-21-17)18-10-4-6-12-22-18;;;;/h3-6,9-12,17-19,21-22H,7-8,13-16H2,1-2H3;1H3;2*1H;/q;-1;;;+2/p-2. The molecule has 2 N–H and O–H groups in total. The molecule has 30 heavy (non-hydrogen) atoms. The molecule has 2 unspecified atom stereocenters. The van der Waals surface area contributed by atoms with Crippen molar-refractivity contribution in [1.29, 1.82) is 0 Å². The molecule has 1 fully saturated rings. The van der Waals surface area contributed by atoms with E-state index in [1.807, 2.05) is 0 Å². The van der Waals surface area contributed by atoms with Crippen LogP contribution in [0.4, 0.5) is 0 Å². The van der Waals surface area contributed by atoms with Crippen molar-refractivity contribution in [2.24, 2.45) is 4.99 Å². The Morgan fingerprint density at radius 3 is 2.10 bits per heavy atom. The molecule has 0 aromatic rings. The summed E-state index contributed by atoms with van der Waals surface area (Å²) in [5.41, 5.74) is 0.495. The molecule has 0 saturated carbocycles. The number of dihydropyridines is 2. The van der Waals surface area contributed by atoms with Crippen LogP contribution in [0.25, 0.3) is 0 Å². The Bertz CT molecular complexity index is 665. The Labute approximate surface area is 200 Å². The number of guanidine groups is 1. The first-order valence-electron chi connectivity index (χ1n) is 10.3. The molecular formula is C21H34Cl2N5SiTi-. The molecular weight excluding hydrogens is 469 g/mol.